The lowest BCUT2D eigenvalue weighted by Crippen LogP contribution is -1.91. The van der Waals surface area contributed by atoms with E-state index in [9.17, 15) is 0 Å². The summed E-state index contributed by atoms with van der Waals surface area (Å²) in [6, 6.07) is 25.1. The fourth-order valence-electron chi connectivity index (χ4n) is 5.09. The highest BCUT2D eigenvalue weighted by atomic mass is 32.1. The molecule has 6 aromatic carbocycles. The summed E-state index contributed by atoms with van der Waals surface area (Å²) in [5.74, 6) is 0. The van der Waals surface area contributed by atoms with Crippen molar-refractivity contribution in [2.45, 2.75) is 52.2 Å². The van der Waals surface area contributed by atoms with Gasteiger partial charge in [0.25, 0.3) is 0 Å². The number of thiol groups is 5. The Kier molecular flexibility index (Phi) is 10.8. The fourth-order valence-corrected chi connectivity index (χ4v) is 6.49. The first-order chi connectivity index (χ1) is 22.3. The number of anilines is 2. The second-order valence-corrected chi connectivity index (χ2v) is 13.6. The minimum atomic E-state index is 0.674. The van der Waals surface area contributed by atoms with Crippen LogP contribution in [0.15, 0.2) is 124 Å². The molecular weight excluding hydrogens is 677 g/mol. The summed E-state index contributed by atoms with van der Waals surface area (Å²) in [4.78, 5) is 4.15. The van der Waals surface area contributed by atoms with Gasteiger partial charge in [0.1, 0.15) is 11.4 Å². The number of hydrogen-bond acceptors (Lipinski definition) is 11. The third-order valence-corrected chi connectivity index (χ3v) is 9.64. The van der Waals surface area contributed by atoms with E-state index in [1.54, 1.807) is 0 Å². The topological polar surface area (TPSA) is 101 Å². The van der Waals surface area contributed by atoms with Crippen LogP contribution in [0.25, 0.3) is 21.5 Å². The lowest BCUT2D eigenvalue weighted by atomic mass is 10.0. The van der Waals surface area contributed by atoms with Crippen LogP contribution in [-0.4, -0.2) is 0 Å². The minimum Gasteiger partial charge on any atom is -0.399 e. The lowest BCUT2D eigenvalue weighted by Gasteiger charge is -2.11. The molecular formula is C36H34N6S5. The highest BCUT2D eigenvalue weighted by molar-refractivity contribution is 7.81. The molecule has 47 heavy (non-hydrogen) atoms. The van der Waals surface area contributed by atoms with Gasteiger partial charge in [0.15, 0.2) is 0 Å². The van der Waals surface area contributed by atoms with Gasteiger partial charge in [-0.25, -0.2) is 0 Å². The number of nitrogen functional groups attached to an aromatic ring is 2. The van der Waals surface area contributed by atoms with Gasteiger partial charge in [-0.2, -0.15) is 10.2 Å². The Morgan fingerprint density at radius 3 is 1.57 bits per heavy atom. The number of azo groups is 2. The van der Waals surface area contributed by atoms with Crippen molar-refractivity contribution in [2.75, 3.05) is 11.5 Å². The van der Waals surface area contributed by atoms with E-state index in [4.69, 9.17) is 11.5 Å². The van der Waals surface area contributed by atoms with Gasteiger partial charge in [0, 0.05) is 41.2 Å². The number of nitrogens with zero attached hydrogens (tertiary/aromatic N) is 4. The zero-order valence-corrected chi connectivity index (χ0v) is 30.7. The molecule has 6 nitrogen and oxygen atoms in total. The predicted octanol–water partition coefficient (Wildman–Crippen LogP) is 12.4. The number of aryl methyl sites for hydroxylation is 4. The smallest absolute Gasteiger partial charge is 0.103 e. The van der Waals surface area contributed by atoms with Crippen LogP contribution in [0.2, 0.25) is 0 Å². The van der Waals surface area contributed by atoms with Crippen molar-refractivity contribution in [2.24, 2.45) is 20.5 Å². The summed E-state index contributed by atoms with van der Waals surface area (Å²) in [7, 11) is 0. The average Bonchev–Trinajstić information content (AvgIpc) is 3.00. The molecule has 0 saturated carbocycles. The first-order valence-electron chi connectivity index (χ1n) is 14.5. The summed E-state index contributed by atoms with van der Waals surface area (Å²) in [6.07, 6.45) is 0. The molecule has 0 aliphatic heterocycles. The van der Waals surface area contributed by atoms with Crippen LogP contribution >= 0.6 is 63.1 Å². The number of benzene rings is 6. The van der Waals surface area contributed by atoms with Crippen molar-refractivity contribution in [1.82, 2.24) is 0 Å². The molecule has 0 amide bonds. The number of rotatable bonds is 4. The molecule has 0 atom stereocenters. The molecule has 0 saturated heterocycles. The normalized spacial score (nSPS) is 11.5. The van der Waals surface area contributed by atoms with Crippen LogP contribution in [0.3, 0.4) is 0 Å². The number of hydrogen-bond donors (Lipinski definition) is 7. The summed E-state index contributed by atoms with van der Waals surface area (Å²) in [5.41, 5.74) is 20.6. The van der Waals surface area contributed by atoms with E-state index in [1.165, 1.54) is 0 Å². The molecule has 0 spiro atoms. The summed E-state index contributed by atoms with van der Waals surface area (Å²) in [5, 5.41) is 21.6. The SMILES string of the molecule is Cc1ccc(N=Nc2c(S)cc3cc(S)cc(N)c3c2C)cc1S.Cc1ccc(N=Nc2c(S)cc3ccc(N)cc3c2C)cc1S. The van der Waals surface area contributed by atoms with Gasteiger partial charge in [0.2, 0.25) is 0 Å². The monoisotopic (exact) mass is 710 g/mol. The number of nitrogens with two attached hydrogens (primary N) is 2. The Hall–Kier alpha value is -3.61. The largest absolute Gasteiger partial charge is 0.399 e. The molecule has 4 N–H and O–H groups in total. The molecule has 0 aliphatic rings. The molecule has 0 heterocycles. The Morgan fingerprint density at radius 2 is 1.02 bits per heavy atom. The summed E-state index contributed by atoms with van der Waals surface area (Å²) >= 11 is 22.3. The Bertz CT molecular complexity index is 2230. The van der Waals surface area contributed by atoms with Gasteiger partial charge in [-0.1, -0.05) is 18.2 Å². The van der Waals surface area contributed by atoms with E-state index >= 15 is 0 Å². The van der Waals surface area contributed by atoms with E-state index in [0.717, 1.165) is 91.0 Å². The van der Waals surface area contributed by atoms with Crippen LogP contribution in [0.4, 0.5) is 34.1 Å². The predicted molar refractivity (Wildman–Crippen MR) is 213 cm³/mol. The standard InChI is InChI=1S/C18H17N3S3.C18H17N3S2/c1-9-3-4-12(7-15(9)23)20-21-18-10(2)17-11(6-16(18)24)5-13(22)8-14(17)19;1-10-3-6-14(9-16(10)22)20-21-18-11(2)15-8-13(19)5-4-12(15)7-17(18)23/h3-8,22-24H,19H2,1-2H3;3-9,22-23H,19H2,1-2H3. The molecule has 6 rings (SSSR count). The molecule has 0 unspecified atom stereocenters. The van der Waals surface area contributed by atoms with E-state index in [0.29, 0.717) is 11.4 Å². The number of fused-ring (bicyclic) bond motifs is 2. The van der Waals surface area contributed by atoms with Crippen molar-refractivity contribution in [3.8, 4) is 0 Å². The maximum Gasteiger partial charge on any atom is 0.103 e. The second kappa shape index (κ2) is 14.7. The summed E-state index contributed by atoms with van der Waals surface area (Å²) in [6.45, 7) is 7.99. The van der Waals surface area contributed by atoms with Crippen molar-refractivity contribution >= 4 is 119 Å². The fraction of sp³-hybridized carbons (Fsp3) is 0.111. The van der Waals surface area contributed by atoms with Crippen molar-refractivity contribution in [1.29, 1.82) is 0 Å². The molecule has 238 valence electrons. The van der Waals surface area contributed by atoms with Gasteiger partial charge in [0.05, 0.1) is 11.4 Å². The highest BCUT2D eigenvalue weighted by Crippen LogP contribution is 2.39. The van der Waals surface area contributed by atoms with Crippen molar-refractivity contribution < 1.29 is 0 Å². The minimum absolute atomic E-state index is 0.674. The average molecular weight is 711 g/mol. The van der Waals surface area contributed by atoms with Crippen LogP contribution in [-0.2, 0) is 0 Å². The molecule has 0 fully saturated rings. The maximum absolute atomic E-state index is 6.16. The third-order valence-electron chi connectivity index (χ3n) is 7.74. The first-order valence-corrected chi connectivity index (χ1v) is 16.7. The van der Waals surface area contributed by atoms with Gasteiger partial charge in [-0.05, 0) is 127 Å². The summed E-state index contributed by atoms with van der Waals surface area (Å²) < 4.78 is 0. The lowest BCUT2D eigenvalue weighted by molar-refractivity contribution is 1.17. The molecule has 0 aromatic heterocycles. The second-order valence-electron chi connectivity index (χ2n) is 11.2. The van der Waals surface area contributed by atoms with Crippen LogP contribution in [0.5, 0.6) is 0 Å². The van der Waals surface area contributed by atoms with Crippen LogP contribution in [0, 0.1) is 27.7 Å². The Morgan fingerprint density at radius 1 is 0.489 bits per heavy atom. The van der Waals surface area contributed by atoms with Crippen LogP contribution in [0.1, 0.15) is 22.3 Å². The van der Waals surface area contributed by atoms with Gasteiger partial charge in [-0.3, -0.25) is 0 Å². The van der Waals surface area contributed by atoms with E-state index < -0.39 is 0 Å². The first kappa shape index (κ1) is 34.7. The molecule has 11 heteroatoms. The van der Waals surface area contributed by atoms with Crippen molar-refractivity contribution in [3.05, 3.63) is 101 Å². The molecule has 6 aromatic rings. The van der Waals surface area contributed by atoms with Gasteiger partial charge < -0.3 is 11.5 Å². The quantitative estimate of drug-likeness (QED) is 0.0563. The zero-order chi connectivity index (χ0) is 34.0. The highest BCUT2D eigenvalue weighted by Gasteiger charge is 2.12. The molecule has 0 radical (unpaired) electrons. The maximum atomic E-state index is 6.16. The molecule has 0 bridgehead atoms. The zero-order valence-electron chi connectivity index (χ0n) is 26.2. The van der Waals surface area contributed by atoms with E-state index in [-0.39, 0.29) is 0 Å². The van der Waals surface area contributed by atoms with Gasteiger partial charge in [-0.15, -0.1) is 73.4 Å². The molecule has 0 aliphatic carbocycles. The third kappa shape index (κ3) is 7.93. The Balaban J connectivity index is 0.000000185. The van der Waals surface area contributed by atoms with Crippen molar-refractivity contribution in [3.63, 3.8) is 0 Å². The van der Waals surface area contributed by atoms with Gasteiger partial charge >= 0.3 is 0 Å². The Labute approximate surface area is 302 Å². The van der Waals surface area contributed by atoms with E-state index in [1.807, 2.05) is 107 Å². The van der Waals surface area contributed by atoms with Crippen LogP contribution < -0.4 is 11.5 Å². The van der Waals surface area contributed by atoms with E-state index in [2.05, 4.69) is 83.6 Å².